The molecule has 0 atom stereocenters. The highest BCUT2D eigenvalue weighted by atomic mass is 32.2. The van der Waals surface area contributed by atoms with Crippen LogP contribution < -0.4 is 16.2 Å². The summed E-state index contributed by atoms with van der Waals surface area (Å²) in [5.74, 6) is -1.10. The van der Waals surface area contributed by atoms with E-state index in [0.717, 1.165) is 22.6 Å². The maximum Gasteiger partial charge on any atom is 0.405 e. The first-order valence-corrected chi connectivity index (χ1v) is 8.04. The van der Waals surface area contributed by atoms with Crippen LogP contribution in [0.2, 0.25) is 0 Å². The first-order chi connectivity index (χ1) is 11.3. The molecule has 0 aromatic carbocycles. The summed E-state index contributed by atoms with van der Waals surface area (Å²) in [6.07, 6.45) is -3.75. The molecule has 140 valence electrons. The van der Waals surface area contributed by atoms with E-state index >= 15 is 0 Å². The van der Waals surface area contributed by atoms with Crippen LogP contribution >= 0.6 is 0 Å². The molecule has 2 N–H and O–H groups in total. The SMILES string of the molecule is CN(C)S(=O)(=O)c1ccc(=O)n(CC(=O)NC(=O)NCC(F)(F)F)c1. The molecule has 1 rings (SSSR count). The molecule has 3 amide bonds. The molecule has 0 spiro atoms. The number of carbonyl (C=O) groups excluding carboxylic acids is 2. The van der Waals surface area contributed by atoms with E-state index in [4.69, 9.17) is 0 Å². The summed E-state index contributed by atoms with van der Waals surface area (Å²) >= 11 is 0. The van der Waals surface area contributed by atoms with Gasteiger partial charge in [0.2, 0.25) is 15.9 Å². The molecule has 0 fully saturated rings. The Labute approximate surface area is 140 Å². The molecule has 13 heteroatoms. The highest BCUT2D eigenvalue weighted by Gasteiger charge is 2.28. The normalized spacial score (nSPS) is 12.1. The molecule has 0 radical (unpaired) electrons. The Hall–Kier alpha value is -2.41. The number of nitrogens with zero attached hydrogens (tertiary/aromatic N) is 2. The van der Waals surface area contributed by atoms with Crippen LogP contribution in [0.5, 0.6) is 0 Å². The van der Waals surface area contributed by atoms with Crippen LogP contribution in [0, 0.1) is 0 Å². The largest absolute Gasteiger partial charge is 0.405 e. The quantitative estimate of drug-likeness (QED) is 0.709. The number of pyridine rings is 1. The summed E-state index contributed by atoms with van der Waals surface area (Å²) < 4.78 is 61.4. The fraction of sp³-hybridized carbons (Fsp3) is 0.417. The van der Waals surface area contributed by atoms with Crippen LogP contribution in [0.1, 0.15) is 0 Å². The second kappa shape index (κ2) is 7.65. The Balaban J connectivity index is 2.84. The third-order valence-corrected chi connectivity index (χ3v) is 4.55. The van der Waals surface area contributed by atoms with Gasteiger partial charge in [-0.15, -0.1) is 0 Å². The molecule has 9 nitrogen and oxygen atoms in total. The van der Waals surface area contributed by atoms with Crippen molar-refractivity contribution in [2.45, 2.75) is 17.6 Å². The molecule has 0 aliphatic carbocycles. The summed E-state index contributed by atoms with van der Waals surface area (Å²) in [4.78, 5) is 34.2. The van der Waals surface area contributed by atoms with E-state index in [0.29, 0.717) is 4.57 Å². The van der Waals surface area contributed by atoms with Gasteiger partial charge >= 0.3 is 12.2 Å². The molecule has 0 aliphatic rings. The maximum atomic E-state index is 12.0. The minimum absolute atomic E-state index is 0.272. The summed E-state index contributed by atoms with van der Waals surface area (Å²) in [5, 5.41) is 3.02. The molecule has 0 saturated heterocycles. The molecular formula is C12H15F3N4O5S. The number of carbonyl (C=O) groups is 2. The lowest BCUT2D eigenvalue weighted by atomic mass is 10.4. The predicted octanol–water partition coefficient (Wildman–Crippen LogP) is -0.513. The lowest BCUT2D eigenvalue weighted by Crippen LogP contribution is -2.45. The van der Waals surface area contributed by atoms with Crippen molar-refractivity contribution in [3.05, 3.63) is 28.7 Å². The number of aromatic nitrogens is 1. The zero-order valence-corrected chi connectivity index (χ0v) is 13.9. The first-order valence-electron chi connectivity index (χ1n) is 6.60. The van der Waals surface area contributed by atoms with Crippen LogP contribution in [0.3, 0.4) is 0 Å². The van der Waals surface area contributed by atoms with E-state index in [1.165, 1.54) is 19.4 Å². The second-order valence-corrected chi connectivity index (χ2v) is 7.12. The summed E-state index contributed by atoms with van der Waals surface area (Å²) in [6.45, 7) is -2.39. The van der Waals surface area contributed by atoms with Gasteiger partial charge in [0.15, 0.2) is 0 Å². The average molecular weight is 384 g/mol. The van der Waals surface area contributed by atoms with E-state index in [-0.39, 0.29) is 4.90 Å². The van der Waals surface area contributed by atoms with Crippen LogP contribution in [0.25, 0.3) is 0 Å². The number of rotatable bonds is 5. The highest BCUT2D eigenvalue weighted by Crippen LogP contribution is 2.12. The fourth-order valence-electron chi connectivity index (χ4n) is 1.54. The van der Waals surface area contributed by atoms with Gasteiger partial charge in [0.05, 0.1) is 4.90 Å². The van der Waals surface area contributed by atoms with Crippen molar-refractivity contribution >= 4 is 22.0 Å². The third kappa shape index (κ3) is 6.19. The van der Waals surface area contributed by atoms with Crippen molar-refractivity contribution in [3.63, 3.8) is 0 Å². The van der Waals surface area contributed by atoms with E-state index in [1.807, 2.05) is 0 Å². The van der Waals surface area contributed by atoms with Gasteiger partial charge in [-0.1, -0.05) is 0 Å². The van der Waals surface area contributed by atoms with Crippen molar-refractivity contribution in [1.29, 1.82) is 0 Å². The van der Waals surface area contributed by atoms with Gasteiger partial charge in [0, 0.05) is 26.4 Å². The van der Waals surface area contributed by atoms with E-state index in [9.17, 15) is 36.0 Å². The van der Waals surface area contributed by atoms with Gasteiger partial charge in [-0.3, -0.25) is 14.9 Å². The molecule has 25 heavy (non-hydrogen) atoms. The van der Waals surface area contributed by atoms with Crippen LogP contribution in [0.4, 0.5) is 18.0 Å². The van der Waals surface area contributed by atoms with E-state index < -0.39 is 46.8 Å². The van der Waals surface area contributed by atoms with Crippen LogP contribution in [0.15, 0.2) is 28.0 Å². The molecule has 1 aromatic heterocycles. The topological polar surface area (TPSA) is 118 Å². The fourth-order valence-corrected chi connectivity index (χ4v) is 2.46. The highest BCUT2D eigenvalue weighted by molar-refractivity contribution is 7.89. The zero-order valence-electron chi connectivity index (χ0n) is 13.1. The summed E-state index contributed by atoms with van der Waals surface area (Å²) in [7, 11) is -1.33. The molecule has 0 aliphatic heterocycles. The molecule has 1 heterocycles. The Morgan fingerprint density at radius 1 is 1.24 bits per heavy atom. The van der Waals surface area contributed by atoms with Crippen LogP contribution in [-0.2, 0) is 21.4 Å². The van der Waals surface area contributed by atoms with Gasteiger partial charge in [-0.25, -0.2) is 17.5 Å². The lowest BCUT2D eigenvalue weighted by Gasteiger charge is -2.13. The van der Waals surface area contributed by atoms with Crippen molar-refractivity contribution in [3.8, 4) is 0 Å². The maximum absolute atomic E-state index is 12.0. The lowest BCUT2D eigenvalue weighted by molar-refractivity contribution is -0.124. The number of imide groups is 1. The smallest absolute Gasteiger partial charge is 0.329 e. The third-order valence-electron chi connectivity index (χ3n) is 2.75. The van der Waals surface area contributed by atoms with E-state index in [1.54, 1.807) is 5.32 Å². The van der Waals surface area contributed by atoms with Gasteiger partial charge in [0.1, 0.15) is 13.1 Å². The van der Waals surface area contributed by atoms with Gasteiger partial charge in [-0.2, -0.15) is 13.2 Å². The minimum atomic E-state index is -4.65. The molecule has 0 saturated carbocycles. The number of nitrogens with one attached hydrogen (secondary N) is 2. The minimum Gasteiger partial charge on any atom is -0.329 e. The standard InChI is InChI=1S/C12H15F3N4O5S/c1-18(2)25(23,24)8-3-4-10(21)19(5-8)6-9(20)17-11(22)16-7-12(13,14)15/h3-5H,6-7H2,1-2H3,(H2,16,17,20,22). The summed E-state index contributed by atoms with van der Waals surface area (Å²) in [6, 6.07) is 0.558. The first kappa shape index (κ1) is 20.6. The molecule has 0 unspecified atom stereocenters. The van der Waals surface area contributed by atoms with Crippen LogP contribution in [-0.4, -0.2) is 56.0 Å². The molecule has 0 bridgehead atoms. The van der Waals surface area contributed by atoms with Crippen molar-refractivity contribution in [2.75, 3.05) is 20.6 Å². The van der Waals surface area contributed by atoms with Crippen molar-refractivity contribution in [2.24, 2.45) is 0 Å². The van der Waals surface area contributed by atoms with Gasteiger partial charge < -0.3 is 9.88 Å². The van der Waals surface area contributed by atoms with E-state index in [2.05, 4.69) is 0 Å². The number of hydrogen-bond acceptors (Lipinski definition) is 5. The Bertz CT molecular complexity index is 817. The Kier molecular flexibility index (Phi) is 6.31. The average Bonchev–Trinajstić information content (AvgIpc) is 2.46. The van der Waals surface area contributed by atoms with Gasteiger partial charge in [-0.05, 0) is 6.07 Å². The number of hydrogen-bond donors (Lipinski definition) is 2. The Morgan fingerprint density at radius 3 is 2.36 bits per heavy atom. The number of halogens is 3. The van der Waals surface area contributed by atoms with Crippen molar-refractivity contribution in [1.82, 2.24) is 19.5 Å². The number of amides is 3. The number of sulfonamides is 1. The summed E-state index contributed by atoms with van der Waals surface area (Å²) in [5.41, 5.74) is -0.733. The number of alkyl halides is 3. The molecule has 1 aromatic rings. The van der Waals surface area contributed by atoms with Gasteiger partial charge in [0.25, 0.3) is 5.56 Å². The Morgan fingerprint density at radius 2 is 1.84 bits per heavy atom. The van der Waals surface area contributed by atoms with Crippen molar-refractivity contribution < 1.29 is 31.2 Å². The zero-order chi connectivity index (χ0) is 19.4. The molecular weight excluding hydrogens is 369 g/mol. The monoisotopic (exact) mass is 384 g/mol. The predicted molar refractivity (Wildman–Crippen MR) is 79.2 cm³/mol. The second-order valence-electron chi connectivity index (χ2n) is 4.96. The number of urea groups is 1.